The molecule has 2 unspecified atom stereocenters. The Hall–Kier alpha value is -2.33. The van der Waals surface area contributed by atoms with E-state index in [1.54, 1.807) is 4.90 Å². The van der Waals surface area contributed by atoms with Gasteiger partial charge in [0.15, 0.2) is 0 Å². The van der Waals surface area contributed by atoms with Crippen molar-refractivity contribution in [3.63, 3.8) is 0 Å². The number of hydrogen-bond donors (Lipinski definition) is 3. The molecule has 0 saturated carbocycles. The summed E-state index contributed by atoms with van der Waals surface area (Å²) in [6, 6.07) is 0. The van der Waals surface area contributed by atoms with Crippen molar-refractivity contribution < 1.29 is 10.2 Å². The fourth-order valence-corrected chi connectivity index (χ4v) is 2.08. The lowest BCUT2D eigenvalue weighted by Gasteiger charge is -2.16. The first-order chi connectivity index (χ1) is 10.2. The highest BCUT2D eigenvalue weighted by Crippen LogP contribution is 2.18. The molecule has 0 aliphatic carbocycles. The molecule has 1 saturated heterocycles. The lowest BCUT2D eigenvalue weighted by Crippen LogP contribution is -2.25. The summed E-state index contributed by atoms with van der Waals surface area (Å²) in [5, 5.41) is 26.3. The van der Waals surface area contributed by atoms with Gasteiger partial charge in [0.2, 0.25) is 11.9 Å². The molecule has 1 fully saturated rings. The van der Waals surface area contributed by atoms with Crippen molar-refractivity contribution in [3.8, 4) is 5.95 Å². The van der Waals surface area contributed by atoms with E-state index in [4.69, 9.17) is 0 Å². The minimum Gasteiger partial charge on any atom is -0.388 e. The van der Waals surface area contributed by atoms with Gasteiger partial charge in [-0.05, 0) is 6.92 Å². The van der Waals surface area contributed by atoms with Crippen LogP contribution < -0.4 is 10.2 Å². The van der Waals surface area contributed by atoms with Crippen molar-refractivity contribution in [1.29, 1.82) is 0 Å². The molecule has 10 heteroatoms. The molecule has 0 bridgehead atoms. The molecular formula is C11H16N8O2. The van der Waals surface area contributed by atoms with Gasteiger partial charge in [0.25, 0.3) is 5.95 Å². The fourth-order valence-electron chi connectivity index (χ4n) is 2.08. The lowest BCUT2D eigenvalue weighted by atomic mass is 10.3. The summed E-state index contributed by atoms with van der Waals surface area (Å²) in [5.74, 6) is 1.11. The molecule has 0 aromatic carbocycles. The van der Waals surface area contributed by atoms with Crippen molar-refractivity contribution in [2.75, 3.05) is 29.9 Å². The molecule has 2 atom stereocenters. The zero-order valence-electron chi connectivity index (χ0n) is 11.5. The second-order valence-electron chi connectivity index (χ2n) is 4.67. The number of nitrogens with zero attached hydrogens (tertiary/aromatic N) is 7. The largest absolute Gasteiger partial charge is 0.388 e. The minimum atomic E-state index is -0.806. The zero-order valence-corrected chi connectivity index (χ0v) is 11.5. The summed E-state index contributed by atoms with van der Waals surface area (Å²) in [5.41, 5.74) is 0. The van der Waals surface area contributed by atoms with Crippen LogP contribution in [0.4, 0.5) is 11.9 Å². The van der Waals surface area contributed by atoms with Crippen LogP contribution in [0.1, 0.15) is 6.92 Å². The highest BCUT2D eigenvalue weighted by Gasteiger charge is 2.31. The van der Waals surface area contributed by atoms with Crippen LogP contribution >= 0.6 is 0 Å². The molecular weight excluding hydrogens is 276 g/mol. The van der Waals surface area contributed by atoms with E-state index >= 15 is 0 Å². The predicted octanol–water partition coefficient (Wildman–Crippen LogP) is -1.57. The van der Waals surface area contributed by atoms with E-state index in [-0.39, 0.29) is 13.1 Å². The predicted molar refractivity (Wildman–Crippen MR) is 73.1 cm³/mol. The number of hydrogen-bond acceptors (Lipinski definition) is 9. The van der Waals surface area contributed by atoms with Gasteiger partial charge in [-0.3, -0.25) is 0 Å². The van der Waals surface area contributed by atoms with Gasteiger partial charge < -0.3 is 20.4 Å². The number of aliphatic hydroxyl groups excluding tert-OH is 2. The van der Waals surface area contributed by atoms with Crippen molar-refractivity contribution in [2.24, 2.45) is 0 Å². The second kappa shape index (κ2) is 5.58. The van der Waals surface area contributed by atoms with Crippen LogP contribution in [0.2, 0.25) is 0 Å². The van der Waals surface area contributed by atoms with Crippen molar-refractivity contribution in [3.05, 3.63) is 12.7 Å². The molecule has 3 heterocycles. The molecule has 2 aromatic rings. The van der Waals surface area contributed by atoms with E-state index < -0.39 is 12.2 Å². The van der Waals surface area contributed by atoms with Gasteiger partial charge in [-0.2, -0.15) is 24.7 Å². The molecule has 1 aliphatic heterocycles. The first-order valence-corrected chi connectivity index (χ1v) is 6.63. The highest BCUT2D eigenvalue weighted by atomic mass is 16.3. The number of anilines is 2. The Morgan fingerprint density at radius 3 is 2.52 bits per heavy atom. The molecule has 112 valence electrons. The number of rotatable bonds is 4. The van der Waals surface area contributed by atoms with Crippen molar-refractivity contribution >= 4 is 11.9 Å². The van der Waals surface area contributed by atoms with Gasteiger partial charge in [-0.1, -0.05) is 0 Å². The Morgan fingerprint density at radius 1 is 1.19 bits per heavy atom. The molecule has 2 aromatic heterocycles. The van der Waals surface area contributed by atoms with Crippen molar-refractivity contribution in [2.45, 2.75) is 19.1 Å². The topological polar surface area (TPSA) is 125 Å². The average molecular weight is 292 g/mol. The summed E-state index contributed by atoms with van der Waals surface area (Å²) < 4.78 is 1.43. The first kappa shape index (κ1) is 13.6. The van der Waals surface area contributed by atoms with Crippen LogP contribution in [0.15, 0.2) is 12.7 Å². The van der Waals surface area contributed by atoms with Crippen molar-refractivity contribution in [1.82, 2.24) is 29.7 Å². The third-order valence-corrected chi connectivity index (χ3v) is 3.11. The van der Waals surface area contributed by atoms with E-state index in [0.717, 1.165) is 0 Å². The highest BCUT2D eigenvalue weighted by molar-refractivity contribution is 5.41. The maximum atomic E-state index is 9.65. The van der Waals surface area contributed by atoms with Crippen LogP contribution in [0.25, 0.3) is 5.95 Å². The minimum absolute atomic E-state index is 0.271. The summed E-state index contributed by atoms with van der Waals surface area (Å²) >= 11 is 0. The summed E-state index contributed by atoms with van der Waals surface area (Å²) in [4.78, 5) is 18.4. The van der Waals surface area contributed by atoms with Crippen LogP contribution in [0.5, 0.6) is 0 Å². The maximum absolute atomic E-state index is 9.65. The fraction of sp³-hybridized carbons (Fsp3) is 0.545. The second-order valence-corrected chi connectivity index (χ2v) is 4.67. The number of β-amino-alcohol motifs (C(OH)–C–C–N with tert-alkyl or cyclic N) is 2. The normalized spacial score (nSPS) is 21.8. The van der Waals surface area contributed by atoms with Crippen LogP contribution in [-0.4, -0.2) is 71.8 Å². The number of aliphatic hydroxyl groups is 2. The Morgan fingerprint density at radius 2 is 1.90 bits per heavy atom. The van der Waals surface area contributed by atoms with E-state index in [1.165, 1.54) is 17.3 Å². The standard InChI is InChI=1S/C11H16N8O2/c1-2-13-9-15-10(18-3-7(20)8(21)4-18)17-11(16-9)19-6-12-5-14-19/h5-8,20-21H,2-4H2,1H3,(H,13,15,16,17). The van der Waals surface area contributed by atoms with E-state index in [9.17, 15) is 10.2 Å². The Balaban J connectivity index is 1.96. The van der Waals surface area contributed by atoms with Crippen LogP contribution in [0, 0.1) is 0 Å². The number of aromatic nitrogens is 6. The first-order valence-electron chi connectivity index (χ1n) is 6.63. The quantitative estimate of drug-likeness (QED) is 0.612. The summed E-state index contributed by atoms with van der Waals surface area (Å²) in [6.45, 7) is 3.13. The molecule has 0 amide bonds. The van der Waals surface area contributed by atoms with E-state index in [0.29, 0.717) is 24.4 Å². The molecule has 3 rings (SSSR count). The van der Waals surface area contributed by atoms with E-state index in [2.05, 4.69) is 30.4 Å². The van der Waals surface area contributed by atoms with Gasteiger partial charge in [0.1, 0.15) is 12.7 Å². The zero-order chi connectivity index (χ0) is 14.8. The lowest BCUT2D eigenvalue weighted by molar-refractivity contribution is 0.0572. The van der Waals surface area contributed by atoms with Crippen LogP contribution in [-0.2, 0) is 0 Å². The maximum Gasteiger partial charge on any atom is 0.258 e. The third-order valence-electron chi connectivity index (χ3n) is 3.11. The van der Waals surface area contributed by atoms with Gasteiger partial charge in [0, 0.05) is 19.6 Å². The van der Waals surface area contributed by atoms with Gasteiger partial charge in [-0.25, -0.2) is 4.98 Å². The third kappa shape index (κ3) is 2.76. The molecule has 21 heavy (non-hydrogen) atoms. The molecule has 0 radical (unpaired) electrons. The Labute approximate surface area is 120 Å². The number of nitrogens with one attached hydrogen (secondary N) is 1. The SMILES string of the molecule is CCNc1nc(N2CC(O)C(O)C2)nc(-n2cncn2)n1. The van der Waals surface area contributed by atoms with Crippen LogP contribution in [0.3, 0.4) is 0 Å². The molecule has 0 spiro atoms. The molecule has 1 aliphatic rings. The summed E-state index contributed by atoms with van der Waals surface area (Å²) in [7, 11) is 0. The summed E-state index contributed by atoms with van der Waals surface area (Å²) in [6.07, 6.45) is 1.26. The van der Waals surface area contributed by atoms with Gasteiger partial charge in [0.05, 0.1) is 12.2 Å². The Bertz CT molecular complexity index is 594. The molecule has 3 N–H and O–H groups in total. The smallest absolute Gasteiger partial charge is 0.258 e. The van der Waals surface area contributed by atoms with Gasteiger partial charge in [-0.15, -0.1) is 0 Å². The molecule has 10 nitrogen and oxygen atoms in total. The monoisotopic (exact) mass is 292 g/mol. The van der Waals surface area contributed by atoms with Gasteiger partial charge >= 0.3 is 0 Å². The van der Waals surface area contributed by atoms with E-state index in [1.807, 2.05) is 6.92 Å². The average Bonchev–Trinajstić information content (AvgIpc) is 3.10. The Kier molecular flexibility index (Phi) is 3.62.